The molecule has 2 aliphatic rings. The molecule has 0 aliphatic carbocycles. The molecule has 0 bridgehead atoms. The van der Waals surface area contributed by atoms with Crippen LogP contribution >= 0.6 is 0 Å². The second kappa shape index (κ2) is 11.2. The number of carbonyl (C=O) groups is 1. The minimum Gasteiger partial charge on any atom is -0.480 e. The fourth-order valence-corrected chi connectivity index (χ4v) is 7.05. The molecule has 2 aliphatic heterocycles. The summed E-state index contributed by atoms with van der Waals surface area (Å²) in [4.78, 5) is 14.9. The number of anilines is 2. The van der Waals surface area contributed by atoms with Gasteiger partial charge >= 0.3 is 18.8 Å². The molecular weight excluding hydrogens is 616 g/mol. The van der Waals surface area contributed by atoms with E-state index in [2.05, 4.69) is 4.74 Å². The average Bonchev–Trinajstić information content (AvgIpc) is 2.95. The standard InChI is InChI=1S/C29H27F6N3O5S/c1-28(2,26(39)40)36-8-9-37-21(15-36)16-38(44(41,42)23-5-3-4-19(13-23)29(33,34)35)25-12-17(6-7-24(25)37)18-10-20(30)14-22(11-18)43-27(31)32/h3-7,10-14,21,27H,8-9,15-16H2,1-2H3,(H,39,40)/t21-/m0/s1. The van der Waals surface area contributed by atoms with Gasteiger partial charge in [-0.25, -0.2) is 12.8 Å². The van der Waals surface area contributed by atoms with Crippen LogP contribution in [-0.2, 0) is 21.0 Å². The molecule has 1 saturated heterocycles. The molecule has 5 rings (SSSR count). The van der Waals surface area contributed by atoms with Crippen molar-refractivity contribution in [2.75, 3.05) is 35.4 Å². The van der Waals surface area contributed by atoms with Crippen LogP contribution in [0.4, 0.5) is 37.7 Å². The Morgan fingerprint density at radius 1 is 0.955 bits per heavy atom. The molecule has 3 aromatic rings. The quantitative estimate of drug-likeness (QED) is 0.332. The fraction of sp³-hybridized carbons (Fsp3) is 0.345. The minimum absolute atomic E-state index is 0.0719. The highest BCUT2D eigenvalue weighted by Crippen LogP contribution is 2.43. The number of sulfonamides is 1. The van der Waals surface area contributed by atoms with E-state index < -0.39 is 62.4 Å². The number of fused-ring (bicyclic) bond motifs is 3. The third-order valence-corrected chi connectivity index (χ3v) is 9.68. The molecule has 0 aromatic heterocycles. The number of halogens is 6. The summed E-state index contributed by atoms with van der Waals surface area (Å²) in [6, 6.07) is 10.2. The van der Waals surface area contributed by atoms with Gasteiger partial charge in [0.1, 0.15) is 17.1 Å². The summed E-state index contributed by atoms with van der Waals surface area (Å²) in [5.74, 6) is -2.43. The van der Waals surface area contributed by atoms with Crippen molar-refractivity contribution < 1.29 is 49.4 Å². The van der Waals surface area contributed by atoms with Gasteiger partial charge in [0.15, 0.2) is 0 Å². The van der Waals surface area contributed by atoms with Gasteiger partial charge in [-0.2, -0.15) is 22.0 Å². The van der Waals surface area contributed by atoms with Gasteiger partial charge < -0.3 is 14.7 Å². The normalized spacial score (nSPS) is 17.8. The Bertz CT molecular complexity index is 1700. The third kappa shape index (κ3) is 5.89. The van der Waals surface area contributed by atoms with Crippen LogP contribution in [0.5, 0.6) is 5.75 Å². The Balaban J connectivity index is 1.63. The van der Waals surface area contributed by atoms with Crippen LogP contribution in [0.2, 0.25) is 0 Å². The molecule has 1 fully saturated rings. The van der Waals surface area contributed by atoms with Crippen molar-refractivity contribution in [1.82, 2.24) is 4.90 Å². The predicted molar refractivity (Wildman–Crippen MR) is 149 cm³/mol. The minimum atomic E-state index is -4.81. The van der Waals surface area contributed by atoms with E-state index in [9.17, 15) is 44.7 Å². The molecule has 0 unspecified atom stereocenters. The summed E-state index contributed by atoms with van der Waals surface area (Å²) < 4.78 is 114. The summed E-state index contributed by atoms with van der Waals surface area (Å²) in [6.45, 7) is 0.333. The smallest absolute Gasteiger partial charge is 0.416 e. The van der Waals surface area contributed by atoms with E-state index in [0.29, 0.717) is 24.8 Å². The fourth-order valence-electron chi connectivity index (χ4n) is 5.50. The molecule has 3 aromatic carbocycles. The first kappa shape index (κ1) is 31.4. The average molecular weight is 644 g/mol. The number of piperazine rings is 1. The molecule has 1 atom stereocenters. The zero-order valence-corrected chi connectivity index (χ0v) is 24.2. The number of hydrogen-bond donors (Lipinski definition) is 1. The number of ether oxygens (including phenoxy) is 1. The van der Waals surface area contributed by atoms with E-state index in [1.54, 1.807) is 11.0 Å². The number of rotatable bonds is 7. The van der Waals surface area contributed by atoms with Gasteiger partial charge in [-0.1, -0.05) is 12.1 Å². The van der Waals surface area contributed by atoms with Crippen molar-refractivity contribution in [2.24, 2.45) is 0 Å². The second-order valence-electron chi connectivity index (χ2n) is 11.0. The molecule has 15 heteroatoms. The van der Waals surface area contributed by atoms with E-state index in [-0.39, 0.29) is 29.9 Å². The molecule has 1 N–H and O–H groups in total. The topological polar surface area (TPSA) is 90.4 Å². The Kier molecular flexibility index (Phi) is 7.99. The lowest BCUT2D eigenvalue weighted by molar-refractivity contribution is -0.150. The van der Waals surface area contributed by atoms with E-state index in [1.165, 1.54) is 26.0 Å². The molecule has 44 heavy (non-hydrogen) atoms. The molecular formula is C29H27F6N3O5S. The van der Waals surface area contributed by atoms with Crippen LogP contribution in [0, 0.1) is 5.82 Å². The Hall–Kier alpha value is -3.98. The SMILES string of the molecule is CC(C)(C(=O)O)N1CCN2c3ccc(-c4cc(F)cc(OC(F)F)c4)cc3N(S(=O)(=O)c3cccc(C(F)(F)F)c3)C[C@@H]2C1. The summed E-state index contributed by atoms with van der Waals surface area (Å²) >= 11 is 0. The van der Waals surface area contributed by atoms with Gasteiger partial charge in [-0.15, -0.1) is 0 Å². The number of nitrogens with zero attached hydrogens (tertiary/aromatic N) is 3. The molecule has 0 radical (unpaired) electrons. The summed E-state index contributed by atoms with van der Waals surface area (Å²) in [5.41, 5.74) is -1.65. The summed E-state index contributed by atoms with van der Waals surface area (Å²) in [7, 11) is -4.64. The summed E-state index contributed by atoms with van der Waals surface area (Å²) in [6.07, 6.45) is -4.81. The first-order chi connectivity index (χ1) is 20.5. The first-order valence-electron chi connectivity index (χ1n) is 13.3. The molecule has 0 saturated carbocycles. The van der Waals surface area contributed by atoms with Gasteiger partial charge in [-0.3, -0.25) is 14.0 Å². The van der Waals surface area contributed by atoms with Gasteiger partial charge in [0.05, 0.1) is 34.4 Å². The zero-order chi connectivity index (χ0) is 32.2. The number of aliphatic carboxylic acids is 1. The number of alkyl halides is 5. The number of carboxylic acid groups (broad SMARTS) is 1. The Morgan fingerprint density at radius 2 is 1.68 bits per heavy atom. The lowest BCUT2D eigenvalue weighted by atomic mass is 9.96. The van der Waals surface area contributed by atoms with Crippen LogP contribution < -0.4 is 13.9 Å². The molecule has 236 valence electrons. The van der Waals surface area contributed by atoms with Gasteiger partial charge in [0, 0.05) is 25.7 Å². The van der Waals surface area contributed by atoms with E-state index in [4.69, 9.17) is 0 Å². The number of benzene rings is 3. The highest BCUT2D eigenvalue weighted by atomic mass is 32.2. The number of carboxylic acids is 1. The van der Waals surface area contributed by atoms with Gasteiger partial charge in [0.2, 0.25) is 0 Å². The van der Waals surface area contributed by atoms with Crippen LogP contribution in [0.25, 0.3) is 11.1 Å². The van der Waals surface area contributed by atoms with Gasteiger partial charge in [0.25, 0.3) is 10.0 Å². The maximum Gasteiger partial charge on any atom is 0.416 e. The van der Waals surface area contributed by atoms with Crippen molar-refractivity contribution in [3.63, 3.8) is 0 Å². The lowest BCUT2D eigenvalue weighted by Gasteiger charge is -2.51. The molecule has 8 nitrogen and oxygen atoms in total. The van der Waals surface area contributed by atoms with Crippen LogP contribution in [0.15, 0.2) is 65.6 Å². The predicted octanol–water partition coefficient (Wildman–Crippen LogP) is 5.68. The highest BCUT2D eigenvalue weighted by molar-refractivity contribution is 7.92. The highest BCUT2D eigenvalue weighted by Gasteiger charge is 2.45. The largest absolute Gasteiger partial charge is 0.480 e. The van der Waals surface area contributed by atoms with E-state index in [0.717, 1.165) is 40.7 Å². The van der Waals surface area contributed by atoms with Crippen LogP contribution in [0.3, 0.4) is 0 Å². The van der Waals surface area contributed by atoms with Crippen molar-refractivity contribution in [1.29, 1.82) is 0 Å². The van der Waals surface area contributed by atoms with Crippen molar-refractivity contribution in [3.8, 4) is 16.9 Å². The second-order valence-corrected chi connectivity index (χ2v) is 12.8. The van der Waals surface area contributed by atoms with E-state index in [1.807, 2.05) is 4.90 Å². The maximum atomic E-state index is 14.4. The van der Waals surface area contributed by atoms with Crippen LogP contribution in [0.1, 0.15) is 19.4 Å². The third-order valence-electron chi connectivity index (χ3n) is 7.91. The monoisotopic (exact) mass is 643 g/mol. The molecule has 2 heterocycles. The number of hydrogen-bond acceptors (Lipinski definition) is 6. The summed E-state index contributed by atoms with van der Waals surface area (Å²) in [5, 5.41) is 9.76. The Labute approximate surface area is 249 Å². The molecule has 0 amide bonds. The van der Waals surface area contributed by atoms with Crippen molar-refractivity contribution >= 4 is 27.4 Å². The lowest BCUT2D eigenvalue weighted by Crippen LogP contribution is -2.65. The van der Waals surface area contributed by atoms with Crippen molar-refractivity contribution in [2.45, 2.75) is 43.1 Å². The van der Waals surface area contributed by atoms with E-state index >= 15 is 0 Å². The maximum absolute atomic E-state index is 14.4. The van der Waals surface area contributed by atoms with Gasteiger partial charge in [-0.05, 0) is 67.4 Å². The van der Waals surface area contributed by atoms with Crippen LogP contribution in [-0.4, -0.2) is 68.8 Å². The Morgan fingerprint density at radius 3 is 2.34 bits per heavy atom. The first-order valence-corrected chi connectivity index (χ1v) is 14.8. The zero-order valence-electron chi connectivity index (χ0n) is 23.4. The molecule has 0 spiro atoms. The van der Waals surface area contributed by atoms with Crippen molar-refractivity contribution in [3.05, 3.63) is 72.0 Å².